The minimum atomic E-state index is -0.162. The SMILES string of the molecule is CNCCCC(C)N1CCN(c2ccc(F)cc2)CC1. The first kappa shape index (κ1) is 15.3. The van der Waals surface area contributed by atoms with E-state index in [-0.39, 0.29) is 5.82 Å². The second kappa shape index (κ2) is 7.60. The van der Waals surface area contributed by atoms with Gasteiger partial charge in [0.1, 0.15) is 5.82 Å². The molecule has 0 aromatic heterocycles. The summed E-state index contributed by atoms with van der Waals surface area (Å²) in [7, 11) is 2.01. The topological polar surface area (TPSA) is 18.5 Å². The van der Waals surface area contributed by atoms with Crippen molar-refractivity contribution in [2.75, 3.05) is 44.7 Å². The zero-order chi connectivity index (χ0) is 14.4. The van der Waals surface area contributed by atoms with Crippen molar-refractivity contribution in [3.8, 4) is 0 Å². The van der Waals surface area contributed by atoms with Crippen LogP contribution < -0.4 is 10.2 Å². The fourth-order valence-electron chi connectivity index (χ4n) is 2.83. The van der Waals surface area contributed by atoms with Crippen molar-refractivity contribution in [3.05, 3.63) is 30.1 Å². The Kier molecular flexibility index (Phi) is 5.80. The van der Waals surface area contributed by atoms with E-state index in [0.29, 0.717) is 6.04 Å². The molecule has 0 bridgehead atoms. The minimum absolute atomic E-state index is 0.162. The molecule has 1 heterocycles. The van der Waals surface area contributed by atoms with Crippen LogP contribution in [0.15, 0.2) is 24.3 Å². The van der Waals surface area contributed by atoms with Gasteiger partial charge in [0.25, 0.3) is 0 Å². The largest absolute Gasteiger partial charge is 0.369 e. The van der Waals surface area contributed by atoms with Crippen LogP contribution >= 0.6 is 0 Å². The zero-order valence-electron chi connectivity index (χ0n) is 12.6. The van der Waals surface area contributed by atoms with Crippen LogP contribution in [0.3, 0.4) is 0 Å². The van der Waals surface area contributed by atoms with Crippen molar-refractivity contribution < 1.29 is 4.39 Å². The van der Waals surface area contributed by atoms with Gasteiger partial charge < -0.3 is 10.2 Å². The van der Waals surface area contributed by atoms with Crippen molar-refractivity contribution in [2.24, 2.45) is 0 Å². The first-order chi connectivity index (χ1) is 9.70. The second-order valence-corrected chi connectivity index (χ2v) is 5.59. The van der Waals surface area contributed by atoms with Gasteiger partial charge in [-0.25, -0.2) is 4.39 Å². The number of halogens is 1. The van der Waals surface area contributed by atoms with Crippen LogP contribution in [0.2, 0.25) is 0 Å². The average Bonchev–Trinajstić information content (AvgIpc) is 2.48. The van der Waals surface area contributed by atoms with Gasteiger partial charge in [-0.15, -0.1) is 0 Å². The summed E-state index contributed by atoms with van der Waals surface area (Å²) >= 11 is 0. The molecule has 0 saturated carbocycles. The summed E-state index contributed by atoms with van der Waals surface area (Å²) < 4.78 is 12.9. The normalized spacial score (nSPS) is 18.2. The maximum atomic E-state index is 12.9. The van der Waals surface area contributed by atoms with Gasteiger partial charge in [0, 0.05) is 37.9 Å². The molecule has 1 atom stereocenters. The predicted molar refractivity (Wildman–Crippen MR) is 82.8 cm³/mol. The molecule has 1 aliphatic rings. The van der Waals surface area contributed by atoms with Crippen LogP contribution in [-0.4, -0.2) is 50.7 Å². The highest BCUT2D eigenvalue weighted by molar-refractivity contribution is 5.46. The third-order valence-electron chi connectivity index (χ3n) is 4.18. The highest BCUT2D eigenvalue weighted by Gasteiger charge is 2.20. The van der Waals surface area contributed by atoms with Crippen molar-refractivity contribution in [1.82, 2.24) is 10.2 Å². The molecule has 3 nitrogen and oxygen atoms in total. The molecule has 4 heteroatoms. The molecule has 1 aromatic rings. The molecule has 20 heavy (non-hydrogen) atoms. The van der Waals surface area contributed by atoms with Gasteiger partial charge >= 0.3 is 0 Å². The van der Waals surface area contributed by atoms with Crippen molar-refractivity contribution in [2.45, 2.75) is 25.8 Å². The van der Waals surface area contributed by atoms with Crippen LogP contribution in [0.5, 0.6) is 0 Å². The van der Waals surface area contributed by atoms with Crippen LogP contribution in [0.25, 0.3) is 0 Å². The summed E-state index contributed by atoms with van der Waals surface area (Å²) in [6.45, 7) is 7.67. The van der Waals surface area contributed by atoms with E-state index in [4.69, 9.17) is 0 Å². The lowest BCUT2D eigenvalue weighted by Crippen LogP contribution is -2.49. The summed E-state index contributed by atoms with van der Waals surface area (Å²) in [5.74, 6) is -0.162. The van der Waals surface area contributed by atoms with E-state index in [1.54, 1.807) is 12.1 Å². The number of hydrogen-bond donors (Lipinski definition) is 1. The van der Waals surface area contributed by atoms with Gasteiger partial charge in [0.2, 0.25) is 0 Å². The zero-order valence-corrected chi connectivity index (χ0v) is 12.6. The summed E-state index contributed by atoms with van der Waals surface area (Å²) in [6.07, 6.45) is 2.48. The van der Waals surface area contributed by atoms with Gasteiger partial charge in [0.05, 0.1) is 0 Å². The smallest absolute Gasteiger partial charge is 0.123 e. The number of piperazine rings is 1. The van der Waals surface area contributed by atoms with Crippen LogP contribution in [0.4, 0.5) is 10.1 Å². The van der Waals surface area contributed by atoms with E-state index in [2.05, 4.69) is 22.0 Å². The highest BCUT2D eigenvalue weighted by Crippen LogP contribution is 2.18. The van der Waals surface area contributed by atoms with Gasteiger partial charge in [-0.3, -0.25) is 4.90 Å². The maximum absolute atomic E-state index is 12.9. The van der Waals surface area contributed by atoms with E-state index in [0.717, 1.165) is 38.4 Å². The fraction of sp³-hybridized carbons (Fsp3) is 0.625. The molecule has 0 radical (unpaired) electrons. The summed E-state index contributed by atoms with van der Waals surface area (Å²) in [4.78, 5) is 4.91. The quantitative estimate of drug-likeness (QED) is 0.806. The Morgan fingerprint density at radius 3 is 2.40 bits per heavy atom. The lowest BCUT2D eigenvalue weighted by atomic mass is 10.1. The molecule has 112 valence electrons. The maximum Gasteiger partial charge on any atom is 0.123 e. The molecule has 2 rings (SSSR count). The van der Waals surface area contributed by atoms with Crippen LogP contribution in [-0.2, 0) is 0 Å². The number of hydrogen-bond acceptors (Lipinski definition) is 3. The Balaban J connectivity index is 1.78. The number of nitrogens with one attached hydrogen (secondary N) is 1. The third kappa shape index (κ3) is 4.18. The van der Waals surface area contributed by atoms with E-state index in [9.17, 15) is 4.39 Å². The second-order valence-electron chi connectivity index (χ2n) is 5.59. The van der Waals surface area contributed by atoms with Gasteiger partial charge in [-0.2, -0.15) is 0 Å². The Morgan fingerprint density at radius 2 is 1.80 bits per heavy atom. The van der Waals surface area contributed by atoms with Crippen molar-refractivity contribution in [1.29, 1.82) is 0 Å². The third-order valence-corrected chi connectivity index (χ3v) is 4.18. The predicted octanol–water partition coefficient (Wildman–Crippen LogP) is 2.34. The monoisotopic (exact) mass is 279 g/mol. The van der Waals surface area contributed by atoms with Crippen molar-refractivity contribution in [3.63, 3.8) is 0 Å². The summed E-state index contributed by atoms with van der Waals surface area (Å²) in [6, 6.07) is 7.49. The highest BCUT2D eigenvalue weighted by atomic mass is 19.1. The summed E-state index contributed by atoms with van der Waals surface area (Å²) in [5.41, 5.74) is 1.13. The fourth-order valence-corrected chi connectivity index (χ4v) is 2.83. The molecule has 1 N–H and O–H groups in total. The average molecular weight is 279 g/mol. The number of nitrogens with zero attached hydrogens (tertiary/aromatic N) is 2. The van der Waals surface area contributed by atoms with Crippen LogP contribution in [0.1, 0.15) is 19.8 Å². The molecule has 1 unspecified atom stereocenters. The first-order valence-electron chi connectivity index (χ1n) is 7.60. The molecule has 0 aliphatic carbocycles. The first-order valence-corrected chi connectivity index (χ1v) is 7.60. The lowest BCUT2D eigenvalue weighted by Gasteiger charge is -2.39. The molecule has 1 aliphatic heterocycles. The number of rotatable bonds is 6. The Labute approximate surface area is 121 Å². The molecule has 0 spiro atoms. The van der Waals surface area contributed by atoms with Crippen molar-refractivity contribution >= 4 is 5.69 Å². The number of anilines is 1. The van der Waals surface area contributed by atoms with E-state index in [1.807, 2.05) is 19.2 Å². The van der Waals surface area contributed by atoms with E-state index < -0.39 is 0 Å². The molecule has 0 amide bonds. The van der Waals surface area contributed by atoms with E-state index >= 15 is 0 Å². The van der Waals surface area contributed by atoms with Gasteiger partial charge in [-0.1, -0.05) is 0 Å². The van der Waals surface area contributed by atoms with Gasteiger partial charge in [-0.05, 0) is 57.6 Å². The molecule has 1 fully saturated rings. The Morgan fingerprint density at radius 1 is 1.15 bits per heavy atom. The Bertz CT molecular complexity index is 385. The van der Waals surface area contributed by atoms with Gasteiger partial charge in [0.15, 0.2) is 0 Å². The standard InChI is InChI=1S/C16H26FN3/c1-14(4-3-9-18-2)19-10-12-20(13-11-19)16-7-5-15(17)6-8-16/h5-8,14,18H,3-4,9-13H2,1-2H3. The molecule has 1 aromatic carbocycles. The number of benzene rings is 1. The lowest BCUT2D eigenvalue weighted by molar-refractivity contribution is 0.186. The summed E-state index contributed by atoms with van der Waals surface area (Å²) in [5, 5.41) is 3.20. The van der Waals surface area contributed by atoms with E-state index in [1.165, 1.54) is 12.8 Å². The molecule has 1 saturated heterocycles. The molecular formula is C16H26FN3. The molecular weight excluding hydrogens is 253 g/mol. The Hall–Kier alpha value is -1.13. The van der Waals surface area contributed by atoms with Crippen LogP contribution in [0, 0.1) is 5.82 Å². The minimum Gasteiger partial charge on any atom is -0.369 e.